The van der Waals surface area contributed by atoms with Gasteiger partial charge in [-0.3, -0.25) is 33.7 Å². The molecule has 0 radical (unpaired) electrons. The molecule has 16 heteroatoms. The Morgan fingerprint density at radius 1 is 0.855 bits per heavy atom. The molecule has 2 aromatic carbocycles. The van der Waals surface area contributed by atoms with Crippen LogP contribution >= 0.6 is 23.2 Å². The van der Waals surface area contributed by atoms with Gasteiger partial charge >= 0.3 is 11.9 Å². The molecule has 1 atom stereocenters. The lowest BCUT2D eigenvalue weighted by Crippen LogP contribution is -2.40. The van der Waals surface area contributed by atoms with Crippen molar-refractivity contribution in [3.05, 3.63) is 81.1 Å². The number of fused-ring (bicyclic) bond motifs is 4. The number of anilines is 2. The number of rotatable bonds is 11. The highest BCUT2D eigenvalue weighted by molar-refractivity contribution is 6.40. The Labute approximate surface area is 371 Å². The zero-order valence-corrected chi connectivity index (χ0v) is 37.1. The number of hydrogen-bond donors (Lipinski definition) is 2. The highest BCUT2D eigenvalue weighted by Gasteiger charge is 2.58. The summed E-state index contributed by atoms with van der Waals surface area (Å²) in [7, 11) is 4.82. The van der Waals surface area contributed by atoms with Crippen LogP contribution < -0.4 is 10.6 Å². The van der Waals surface area contributed by atoms with Crippen LogP contribution in [-0.4, -0.2) is 93.3 Å². The first-order chi connectivity index (χ1) is 29.9. The lowest BCUT2D eigenvalue weighted by Gasteiger charge is -2.38. The molecular weight excluding hydrogens is 831 g/mol. The zero-order valence-electron chi connectivity index (χ0n) is 35.6. The number of methoxy groups -OCH3 is 2. The first-order valence-electron chi connectivity index (χ1n) is 21.9. The molecule has 2 aliphatic carbocycles. The van der Waals surface area contributed by atoms with Gasteiger partial charge in [-0.05, 0) is 107 Å². The average molecular weight is 886 g/mol. The summed E-state index contributed by atoms with van der Waals surface area (Å²) < 4.78 is 14.0. The predicted molar refractivity (Wildman–Crippen MR) is 235 cm³/mol. The van der Waals surface area contributed by atoms with Crippen LogP contribution in [0.3, 0.4) is 0 Å². The van der Waals surface area contributed by atoms with Gasteiger partial charge in [0.2, 0.25) is 0 Å². The Morgan fingerprint density at radius 2 is 1.53 bits per heavy atom. The van der Waals surface area contributed by atoms with Crippen molar-refractivity contribution >= 4 is 58.3 Å². The van der Waals surface area contributed by atoms with E-state index in [-0.39, 0.29) is 46.5 Å². The average Bonchev–Trinajstić information content (AvgIpc) is 4.08. The number of likely N-dealkylation sites (tertiary alicyclic amines) is 1. The normalized spacial score (nSPS) is 23.7. The molecule has 2 bridgehead atoms. The number of amides is 2. The standard InChI is InChI=1S/C46H54Cl2N8O6/c1-53-35-14-21-54(24-19-45-15-17-46(27-45,18-16-45)44(60)62-3)26-34(35)49-40(53)42(58)51-32-10-5-8-30(39(32)48)29-7-4-9-31(38(29)47)50-41(57)33-25-37-36(11-6-20-56(37)52-33)55-22-12-28(13-23-55)43(59)61-2/h4-5,7-10,25,28,36H,6,11-24,26-27H2,1-3H3,(H,50,57)(H,51,58). The van der Waals surface area contributed by atoms with Crippen molar-refractivity contribution in [3.8, 4) is 11.1 Å². The molecule has 62 heavy (non-hydrogen) atoms. The van der Waals surface area contributed by atoms with E-state index < -0.39 is 0 Å². The lowest BCUT2D eigenvalue weighted by molar-refractivity contribution is -0.152. The number of nitrogens with zero attached hydrogens (tertiary/aromatic N) is 6. The number of nitrogens with one attached hydrogen (secondary N) is 2. The first-order valence-corrected chi connectivity index (χ1v) is 22.6. The summed E-state index contributed by atoms with van der Waals surface area (Å²) in [6.07, 6.45) is 10.1. The molecule has 2 aromatic heterocycles. The summed E-state index contributed by atoms with van der Waals surface area (Å²) in [5.41, 5.74) is 5.15. The third kappa shape index (κ3) is 7.81. The Balaban J connectivity index is 0.848. The molecule has 4 aromatic rings. The molecule has 2 saturated carbocycles. The Bertz CT molecular complexity index is 2410. The third-order valence-electron chi connectivity index (χ3n) is 14.6. The van der Waals surface area contributed by atoms with Gasteiger partial charge in [0.15, 0.2) is 11.5 Å². The first kappa shape index (κ1) is 42.5. The summed E-state index contributed by atoms with van der Waals surface area (Å²) in [4.78, 5) is 61.8. The summed E-state index contributed by atoms with van der Waals surface area (Å²) in [5, 5.41) is 11.2. The van der Waals surface area contributed by atoms with E-state index in [4.69, 9.17) is 37.7 Å². The van der Waals surface area contributed by atoms with E-state index in [9.17, 15) is 19.2 Å². The van der Waals surface area contributed by atoms with Gasteiger partial charge in [-0.2, -0.15) is 5.10 Å². The van der Waals surface area contributed by atoms with E-state index in [0.717, 1.165) is 120 Å². The topological polar surface area (TPSA) is 153 Å². The summed E-state index contributed by atoms with van der Waals surface area (Å²) in [5.74, 6) is -0.710. The molecule has 3 fully saturated rings. The van der Waals surface area contributed by atoms with Gasteiger partial charge in [-0.1, -0.05) is 47.5 Å². The van der Waals surface area contributed by atoms with Crippen molar-refractivity contribution in [3.63, 3.8) is 0 Å². The maximum Gasteiger partial charge on any atom is 0.311 e. The number of piperidine rings is 1. The minimum Gasteiger partial charge on any atom is -0.469 e. The van der Waals surface area contributed by atoms with Gasteiger partial charge in [0.25, 0.3) is 11.8 Å². The maximum absolute atomic E-state index is 13.8. The summed E-state index contributed by atoms with van der Waals surface area (Å²) in [6.45, 7) is 4.76. The molecule has 5 heterocycles. The lowest BCUT2D eigenvalue weighted by atomic mass is 9.80. The second kappa shape index (κ2) is 17.1. The number of aromatic nitrogens is 4. The van der Waals surface area contributed by atoms with Crippen LogP contribution in [0.5, 0.6) is 0 Å². The van der Waals surface area contributed by atoms with Crippen LogP contribution in [0.4, 0.5) is 11.4 Å². The second-order valence-electron chi connectivity index (χ2n) is 18.0. The molecule has 3 aliphatic heterocycles. The molecule has 5 aliphatic rings. The monoisotopic (exact) mass is 884 g/mol. The number of carbonyl (C=O) groups is 4. The number of carbonyl (C=O) groups excluding carboxylic acids is 4. The Hall–Kier alpha value is -4.76. The number of hydrogen-bond acceptors (Lipinski definition) is 10. The fourth-order valence-corrected chi connectivity index (χ4v) is 11.7. The van der Waals surface area contributed by atoms with Crippen molar-refractivity contribution in [2.24, 2.45) is 23.8 Å². The number of benzene rings is 2. The molecular formula is C46H54Cl2N8O6. The van der Waals surface area contributed by atoms with Crippen LogP contribution in [0.2, 0.25) is 10.0 Å². The van der Waals surface area contributed by atoms with Gasteiger partial charge < -0.3 is 24.7 Å². The second-order valence-corrected chi connectivity index (χ2v) is 18.8. The van der Waals surface area contributed by atoms with E-state index >= 15 is 0 Å². The fraction of sp³-hybridized carbons (Fsp3) is 0.522. The molecule has 0 spiro atoms. The molecule has 1 saturated heterocycles. The van der Waals surface area contributed by atoms with Crippen molar-refractivity contribution in [1.82, 2.24) is 29.1 Å². The van der Waals surface area contributed by atoms with Crippen molar-refractivity contribution < 1.29 is 28.7 Å². The number of aryl methyl sites for hydroxylation is 1. The van der Waals surface area contributed by atoms with Crippen LogP contribution in [0.25, 0.3) is 11.1 Å². The van der Waals surface area contributed by atoms with Gasteiger partial charge in [0.05, 0.1) is 64.4 Å². The molecule has 2 N–H and O–H groups in total. The van der Waals surface area contributed by atoms with Gasteiger partial charge in [0.1, 0.15) is 0 Å². The van der Waals surface area contributed by atoms with Crippen LogP contribution in [0.15, 0.2) is 42.5 Å². The maximum atomic E-state index is 13.8. The third-order valence-corrected chi connectivity index (χ3v) is 15.4. The minimum atomic E-state index is -0.379. The molecule has 2 amide bonds. The fourth-order valence-electron chi connectivity index (χ4n) is 11.1. The number of ether oxygens (including phenoxy) is 2. The number of imidazole rings is 1. The largest absolute Gasteiger partial charge is 0.469 e. The minimum absolute atomic E-state index is 0.0442. The van der Waals surface area contributed by atoms with Gasteiger partial charge in [-0.15, -0.1) is 0 Å². The summed E-state index contributed by atoms with van der Waals surface area (Å²) >= 11 is 14.0. The number of esters is 2. The van der Waals surface area contributed by atoms with Crippen LogP contribution in [-0.2, 0) is 45.6 Å². The highest BCUT2D eigenvalue weighted by atomic mass is 35.5. The van der Waals surface area contributed by atoms with Crippen LogP contribution in [0, 0.1) is 16.7 Å². The predicted octanol–water partition coefficient (Wildman–Crippen LogP) is 7.69. The smallest absolute Gasteiger partial charge is 0.311 e. The van der Waals surface area contributed by atoms with Crippen molar-refractivity contribution in [2.45, 2.75) is 89.8 Å². The Kier molecular flexibility index (Phi) is 11.7. The van der Waals surface area contributed by atoms with Gasteiger partial charge in [-0.25, -0.2) is 4.98 Å². The van der Waals surface area contributed by atoms with Crippen LogP contribution in [0.1, 0.15) is 108 Å². The quantitative estimate of drug-likeness (QED) is 0.144. The van der Waals surface area contributed by atoms with Gasteiger partial charge in [0, 0.05) is 49.9 Å². The summed E-state index contributed by atoms with van der Waals surface area (Å²) in [6, 6.07) is 12.7. The number of halogens is 2. The van der Waals surface area contributed by atoms with E-state index in [1.165, 1.54) is 14.2 Å². The molecule has 14 nitrogen and oxygen atoms in total. The molecule has 328 valence electrons. The highest BCUT2D eigenvalue weighted by Crippen LogP contribution is 2.63. The van der Waals surface area contributed by atoms with E-state index in [1.54, 1.807) is 24.3 Å². The Morgan fingerprint density at radius 3 is 2.19 bits per heavy atom. The van der Waals surface area contributed by atoms with E-state index in [0.29, 0.717) is 50.6 Å². The van der Waals surface area contributed by atoms with Crippen molar-refractivity contribution in [2.75, 3.05) is 51.0 Å². The van der Waals surface area contributed by atoms with E-state index in [2.05, 4.69) is 25.5 Å². The molecule has 9 rings (SSSR count). The zero-order chi connectivity index (χ0) is 43.3. The SMILES string of the molecule is COC(=O)C1CCN(C2CCCn3nc(C(=O)Nc4cccc(-c5cccc(NC(=O)c6nc7c(n6C)CCN(CCC68CCC(C(=O)OC)(CC6)C8)C7)c5Cl)c4Cl)cc32)CC1. The molecule has 1 unspecified atom stereocenters. The van der Waals surface area contributed by atoms with E-state index in [1.807, 2.05) is 34.5 Å². The van der Waals surface area contributed by atoms with Crippen molar-refractivity contribution in [1.29, 1.82) is 0 Å².